The van der Waals surface area contributed by atoms with Gasteiger partial charge in [0.25, 0.3) is 5.91 Å². The lowest BCUT2D eigenvalue weighted by atomic mass is 9.96. The highest BCUT2D eigenvalue weighted by atomic mass is 16.3. The van der Waals surface area contributed by atoms with Crippen molar-refractivity contribution in [3.05, 3.63) is 34.6 Å². The molecule has 0 spiro atoms. The van der Waals surface area contributed by atoms with E-state index < -0.39 is 5.91 Å². The predicted octanol–water partition coefficient (Wildman–Crippen LogP) is 1.78. The zero-order valence-electron chi connectivity index (χ0n) is 9.53. The van der Waals surface area contributed by atoms with Gasteiger partial charge in [0.2, 0.25) is 0 Å². The molecule has 0 heterocycles. The van der Waals surface area contributed by atoms with Crippen LogP contribution in [0.3, 0.4) is 0 Å². The number of carbonyl (C=O) groups is 1. The Morgan fingerprint density at radius 3 is 2.31 bits per heavy atom. The molecular weight excluding hydrogens is 206 g/mol. The van der Waals surface area contributed by atoms with Gasteiger partial charge in [0.15, 0.2) is 0 Å². The summed E-state index contributed by atoms with van der Waals surface area (Å²) in [5.74, 6) is -0.761. The van der Waals surface area contributed by atoms with E-state index >= 15 is 0 Å². The van der Waals surface area contributed by atoms with Gasteiger partial charge < -0.3 is 15.9 Å². The molecule has 0 aromatic heterocycles. The number of carbonyl (C=O) groups excluding carboxylic acids is 1. The number of amides is 1. The van der Waals surface area contributed by atoms with Crippen LogP contribution < -0.4 is 5.73 Å². The fourth-order valence-electron chi connectivity index (χ4n) is 1.61. The molecule has 4 nitrogen and oxygen atoms in total. The predicted molar refractivity (Wildman–Crippen MR) is 62.0 cm³/mol. The van der Waals surface area contributed by atoms with Crippen LogP contribution in [0.1, 0.15) is 23.6 Å². The number of hydrogen-bond acceptors (Lipinski definition) is 3. The van der Waals surface area contributed by atoms with Crippen molar-refractivity contribution >= 4 is 11.5 Å². The Bertz CT molecular complexity index is 471. The average molecular weight is 221 g/mol. The van der Waals surface area contributed by atoms with Crippen LogP contribution in [-0.4, -0.2) is 16.1 Å². The van der Waals surface area contributed by atoms with E-state index in [1.165, 1.54) is 6.92 Å². The van der Waals surface area contributed by atoms with Crippen LogP contribution in [0.5, 0.6) is 5.75 Å². The molecule has 0 saturated carbocycles. The van der Waals surface area contributed by atoms with E-state index in [0.29, 0.717) is 16.7 Å². The molecule has 0 aliphatic heterocycles. The monoisotopic (exact) mass is 221 g/mol. The molecule has 1 amide bonds. The molecule has 86 valence electrons. The van der Waals surface area contributed by atoms with Crippen molar-refractivity contribution in [3.63, 3.8) is 0 Å². The first-order valence-electron chi connectivity index (χ1n) is 4.85. The maximum Gasteiger partial charge on any atom is 0.252 e. The molecule has 0 unspecified atom stereocenters. The smallest absolute Gasteiger partial charge is 0.252 e. The van der Waals surface area contributed by atoms with Gasteiger partial charge in [-0.3, -0.25) is 4.79 Å². The van der Waals surface area contributed by atoms with Crippen LogP contribution in [0.15, 0.2) is 17.9 Å². The van der Waals surface area contributed by atoms with E-state index in [1.54, 1.807) is 26.0 Å². The summed E-state index contributed by atoms with van der Waals surface area (Å²) in [5, 5.41) is 19.2. The highest BCUT2D eigenvalue weighted by molar-refractivity contribution is 6.19. The minimum absolute atomic E-state index is 0.0350. The molecule has 16 heavy (non-hydrogen) atoms. The summed E-state index contributed by atoms with van der Waals surface area (Å²) < 4.78 is 0. The van der Waals surface area contributed by atoms with Crippen molar-refractivity contribution in [2.45, 2.75) is 20.8 Å². The molecule has 1 aromatic rings. The summed E-state index contributed by atoms with van der Waals surface area (Å²) in [4.78, 5) is 11.2. The molecule has 0 fully saturated rings. The highest BCUT2D eigenvalue weighted by Gasteiger charge is 2.16. The SMILES string of the molecule is C/C(O)=C(/C(N)=O)c1ccc(C)c(O)c1C. The number of phenols is 1. The first kappa shape index (κ1) is 12.1. The number of aromatic hydroxyl groups is 1. The first-order chi connectivity index (χ1) is 7.36. The molecule has 0 bridgehead atoms. The Labute approximate surface area is 94.0 Å². The maximum absolute atomic E-state index is 11.2. The third kappa shape index (κ3) is 2.00. The van der Waals surface area contributed by atoms with Gasteiger partial charge in [-0.1, -0.05) is 12.1 Å². The number of phenolic OH excluding ortho intramolecular Hbond substituents is 1. The molecule has 1 aromatic carbocycles. The van der Waals surface area contributed by atoms with Crippen molar-refractivity contribution in [2.24, 2.45) is 5.73 Å². The van der Waals surface area contributed by atoms with Gasteiger partial charge in [-0.25, -0.2) is 0 Å². The van der Waals surface area contributed by atoms with Gasteiger partial charge in [-0.15, -0.1) is 0 Å². The second kappa shape index (κ2) is 4.26. The maximum atomic E-state index is 11.2. The lowest BCUT2D eigenvalue weighted by Gasteiger charge is -2.11. The van der Waals surface area contributed by atoms with E-state index in [4.69, 9.17) is 5.73 Å². The molecule has 0 aliphatic rings. The first-order valence-corrected chi connectivity index (χ1v) is 4.85. The van der Waals surface area contributed by atoms with Crippen LogP contribution in [0.25, 0.3) is 5.57 Å². The minimum atomic E-state index is -0.716. The highest BCUT2D eigenvalue weighted by Crippen LogP contribution is 2.29. The van der Waals surface area contributed by atoms with Crippen molar-refractivity contribution in [1.82, 2.24) is 0 Å². The van der Waals surface area contributed by atoms with Crippen molar-refractivity contribution in [1.29, 1.82) is 0 Å². The Hall–Kier alpha value is -1.97. The molecular formula is C12H15NO3. The molecule has 1 rings (SSSR count). The zero-order chi connectivity index (χ0) is 12.5. The molecule has 0 saturated heterocycles. The normalized spacial score (nSPS) is 12.2. The van der Waals surface area contributed by atoms with E-state index in [0.717, 1.165) is 0 Å². The molecule has 0 radical (unpaired) electrons. The number of aliphatic hydroxyl groups excluding tert-OH is 1. The van der Waals surface area contributed by atoms with Crippen LogP contribution in [0.2, 0.25) is 0 Å². The van der Waals surface area contributed by atoms with Crippen molar-refractivity contribution in [2.75, 3.05) is 0 Å². The van der Waals surface area contributed by atoms with Gasteiger partial charge >= 0.3 is 0 Å². The lowest BCUT2D eigenvalue weighted by molar-refractivity contribution is -0.112. The Balaban J connectivity index is 3.51. The van der Waals surface area contributed by atoms with Crippen LogP contribution in [-0.2, 0) is 4.79 Å². The van der Waals surface area contributed by atoms with Gasteiger partial charge in [0.05, 0.1) is 5.57 Å². The molecule has 4 heteroatoms. The number of benzene rings is 1. The van der Waals surface area contributed by atoms with E-state index in [2.05, 4.69) is 0 Å². The minimum Gasteiger partial charge on any atom is -0.512 e. The average Bonchev–Trinajstić information content (AvgIpc) is 2.17. The zero-order valence-corrected chi connectivity index (χ0v) is 9.53. The van der Waals surface area contributed by atoms with Crippen molar-refractivity contribution < 1.29 is 15.0 Å². The number of aryl methyl sites for hydroxylation is 1. The Morgan fingerprint density at radius 2 is 1.88 bits per heavy atom. The third-order valence-electron chi connectivity index (χ3n) is 2.51. The molecule has 0 aliphatic carbocycles. The summed E-state index contributed by atoms with van der Waals surface area (Å²) in [7, 11) is 0. The van der Waals surface area contributed by atoms with E-state index in [-0.39, 0.29) is 17.1 Å². The second-order valence-electron chi connectivity index (χ2n) is 3.73. The number of hydrogen-bond donors (Lipinski definition) is 3. The quantitative estimate of drug-likeness (QED) is 0.525. The van der Waals surface area contributed by atoms with Crippen LogP contribution in [0, 0.1) is 13.8 Å². The third-order valence-corrected chi connectivity index (χ3v) is 2.51. The summed E-state index contributed by atoms with van der Waals surface area (Å²) in [6.45, 7) is 4.81. The molecule has 0 atom stereocenters. The topological polar surface area (TPSA) is 83.5 Å². The standard InChI is InChI=1S/C12H15NO3/c1-6-4-5-9(7(2)11(6)15)10(8(3)14)12(13)16/h4-5,14-15H,1-3H3,(H2,13,16)/b10-8-. The summed E-state index contributed by atoms with van der Waals surface area (Å²) >= 11 is 0. The second-order valence-corrected chi connectivity index (χ2v) is 3.73. The fraction of sp³-hybridized carbons (Fsp3) is 0.250. The summed E-state index contributed by atoms with van der Waals surface area (Å²) in [6, 6.07) is 3.33. The van der Waals surface area contributed by atoms with E-state index in [9.17, 15) is 15.0 Å². The van der Waals surface area contributed by atoms with Gasteiger partial charge in [-0.2, -0.15) is 0 Å². The number of primary amides is 1. The summed E-state index contributed by atoms with van der Waals surface area (Å²) in [6.07, 6.45) is 0. The fourth-order valence-corrected chi connectivity index (χ4v) is 1.61. The van der Waals surface area contributed by atoms with Gasteiger partial charge in [0.1, 0.15) is 11.5 Å². The van der Waals surface area contributed by atoms with Crippen molar-refractivity contribution in [3.8, 4) is 5.75 Å². The van der Waals surface area contributed by atoms with E-state index in [1.807, 2.05) is 0 Å². The van der Waals surface area contributed by atoms with Gasteiger partial charge in [-0.05, 0) is 37.5 Å². The number of allylic oxidation sites excluding steroid dienone is 1. The Kier molecular flexibility index (Phi) is 3.22. The van der Waals surface area contributed by atoms with Crippen LogP contribution in [0.4, 0.5) is 0 Å². The lowest BCUT2D eigenvalue weighted by Crippen LogP contribution is -2.15. The van der Waals surface area contributed by atoms with Crippen LogP contribution >= 0.6 is 0 Å². The largest absolute Gasteiger partial charge is 0.512 e. The Morgan fingerprint density at radius 1 is 1.31 bits per heavy atom. The van der Waals surface area contributed by atoms with Gasteiger partial charge in [0, 0.05) is 0 Å². The number of rotatable bonds is 2. The summed E-state index contributed by atoms with van der Waals surface area (Å²) in [5.41, 5.74) is 6.92. The molecule has 4 N–H and O–H groups in total. The number of aliphatic hydroxyl groups is 1. The number of nitrogens with two attached hydrogens (primary N) is 1.